The summed E-state index contributed by atoms with van der Waals surface area (Å²) in [4.78, 5) is 13.5. The van der Waals surface area contributed by atoms with Gasteiger partial charge >= 0.3 is 0 Å². The summed E-state index contributed by atoms with van der Waals surface area (Å²) in [5, 5.41) is 2.33. The molecule has 2 aromatic heterocycles. The van der Waals surface area contributed by atoms with Crippen molar-refractivity contribution in [2.45, 2.75) is 27.2 Å². The summed E-state index contributed by atoms with van der Waals surface area (Å²) < 4.78 is 0. The number of hydrogen-bond donors (Lipinski definition) is 0. The first-order valence-electron chi connectivity index (χ1n) is 22.3. The largest absolute Gasteiger partial charge is 0.372 e. The molecular formula is C60H52N4. The van der Waals surface area contributed by atoms with E-state index in [0.717, 1.165) is 64.2 Å². The van der Waals surface area contributed by atoms with Crippen molar-refractivity contribution >= 4 is 56.8 Å². The second-order valence-electron chi connectivity index (χ2n) is 16.1. The van der Waals surface area contributed by atoms with Gasteiger partial charge in [-0.15, -0.1) is 0 Å². The minimum Gasteiger partial charge on any atom is -0.372 e. The zero-order valence-corrected chi connectivity index (χ0v) is 36.8. The average molecular weight is 829 g/mol. The molecule has 0 aliphatic rings. The molecule has 4 heteroatoms. The molecule has 9 aromatic rings. The summed E-state index contributed by atoms with van der Waals surface area (Å²) in [6, 6.07) is 68.1. The molecule has 0 amide bonds. The lowest BCUT2D eigenvalue weighted by molar-refractivity contribution is 0.865. The lowest BCUT2D eigenvalue weighted by Crippen LogP contribution is -2.23. The van der Waals surface area contributed by atoms with Gasteiger partial charge in [0.05, 0.1) is 5.69 Å². The Labute approximate surface area is 378 Å². The van der Waals surface area contributed by atoms with Crippen molar-refractivity contribution in [1.82, 2.24) is 9.97 Å². The summed E-state index contributed by atoms with van der Waals surface area (Å²) in [7, 11) is 0. The van der Waals surface area contributed by atoms with Crippen molar-refractivity contribution in [1.29, 1.82) is 0 Å². The van der Waals surface area contributed by atoms with Gasteiger partial charge in [0.1, 0.15) is 0 Å². The first kappa shape index (κ1) is 41.5. The van der Waals surface area contributed by atoms with Gasteiger partial charge in [0.15, 0.2) is 0 Å². The molecule has 7 aromatic carbocycles. The van der Waals surface area contributed by atoms with Gasteiger partial charge < -0.3 is 9.80 Å². The van der Waals surface area contributed by atoms with Gasteiger partial charge in [0, 0.05) is 60.3 Å². The Bertz CT molecular complexity index is 2970. The van der Waals surface area contributed by atoms with Crippen LogP contribution in [0, 0.1) is 6.92 Å². The van der Waals surface area contributed by atoms with Crippen molar-refractivity contribution in [2.24, 2.45) is 0 Å². The van der Waals surface area contributed by atoms with Crippen molar-refractivity contribution in [3.8, 4) is 0 Å². The predicted molar refractivity (Wildman–Crippen MR) is 271 cm³/mol. The van der Waals surface area contributed by atoms with Crippen molar-refractivity contribution in [3.05, 3.63) is 263 Å². The molecule has 0 aliphatic heterocycles. The minimum absolute atomic E-state index is 0.876. The van der Waals surface area contributed by atoms with Crippen LogP contribution in [0.1, 0.15) is 63.9 Å². The summed E-state index contributed by atoms with van der Waals surface area (Å²) >= 11 is 0. The van der Waals surface area contributed by atoms with Gasteiger partial charge in [-0.3, -0.25) is 9.97 Å². The molecule has 312 valence electrons. The summed E-state index contributed by atoms with van der Waals surface area (Å²) in [6.07, 6.45) is 13.0. The van der Waals surface area contributed by atoms with Crippen LogP contribution in [0.2, 0.25) is 0 Å². The van der Waals surface area contributed by atoms with Crippen LogP contribution in [0.25, 0.3) is 34.1 Å². The molecule has 0 spiro atoms. The highest BCUT2D eigenvalue weighted by Gasteiger charge is 2.20. The first-order valence-corrected chi connectivity index (χ1v) is 22.3. The molecule has 64 heavy (non-hydrogen) atoms. The van der Waals surface area contributed by atoms with Crippen LogP contribution in [0.15, 0.2) is 213 Å². The molecule has 0 bridgehead atoms. The zero-order chi connectivity index (χ0) is 43.7. The van der Waals surface area contributed by atoms with Gasteiger partial charge in [-0.1, -0.05) is 139 Å². The summed E-state index contributed by atoms with van der Waals surface area (Å²) in [6.45, 7) is 8.39. The lowest BCUT2D eigenvalue weighted by atomic mass is 9.93. The highest BCUT2D eigenvalue weighted by molar-refractivity contribution is 6.06. The van der Waals surface area contributed by atoms with Gasteiger partial charge in [-0.05, 0) is 155 Å². The van der Waals surface area contributed by atoms with Crippen LogP contribution in [0.4, 0.5) is 22.7 Å². The number of benzene rings is 7. The van der Waals surface area contributed by atoms with Crippen LogP contribution >= 0.6 is 0 Å². The second-order valence-corrected chi connectivity index (χ2v) is 16.1. The fourth-order valence-electron chi connectivity index (χ4n) is 8.67. The highest BCUT2D eigenvalue weighted by atomic mass is 15.2. The molecule has 0 atom stereocenters. The Hall–Kier alpha value is -7.82. The molecule has 0 fully saturated rings. The summed E-state index contributed by atoms with van der Waals surface area (Å²) in [5.41, 5.74) is 17.5. The van der Waals surface area contributed by atoms with Crippen LogP contribution in [-0.4, -0.2) is 23.1 Å². The number of rotatable bonds is 14. The maximum absolute atomic E-state index is 4.31. The SMILES string of the molecule is CCN(CC)c1cc(N(c2ccc(C)cc2)c2ccc(C=C(c3ccncc3)c3ccncc3)c3ccccc23)ccc1C=C(c1ccccc1)c1ccc(Cc2ccccc2)cc1. The first-order chi connectivity index (χ1) is 31.6. The van der Waals surface area contributed by atoms with E-state index >= 15 is 0 Å². The molecule has 0 radical (unpaired) electrons. The Morgan fingerprint density at radius 2 is 0.938 bits per heavy atom. The van der Waals surface area contributed by atoms with E-state index in [4.69, 9.17) is 0 Å². The van der Waals surface area contributed by atoms with Crippen LogP contribution < -0.4 is 9.80 Å². The van der Waals surface area contributed by atoms with Crippen molar-refractivity contribution in [2.75, 3.05) is 22.9 Å². The van der Waals surface area contributed by atoms with Gasteiger partial charge in [-0.2, -0.15) is 0 Å². The quantitative estimate of drug-likeness (QED) is 0.102. The van der Waals surface area contributed by atoms with Crippen LogP contribution in [0.3, 0.4) is 0 Å². The Morgan fingerprint density at radius 3 is 1.56 bits per heavy atom. The number of aromatic nitrogens is 2. The average Bonchev–Trinajstić information content (AvgIpc) is 3.36. The van der Waals surface area contributed by atoms with Crippen LogP contribution in [0.5, 0.6) is 0 Å². The Balaban J connectivity index is 1.19. The van der Waals surface area contributed by atoms with E-state index in [1.54, 1.807) is 0 Å². The molecule has 0 saturated carbocycles. The third kappa shape index (κ3) is 9.18. The standard InChI is InChI=1S/C60H52N4/c1-4-63(5-2)60-43-54(30-26-52(60)42-58(47-16-10-7-11-17-47)48-24-22-46(23-25-48)40-45-14-8-6-9-15-45)64(53-28-20-44(3)21-29-53)59-31-27-51(55-18-12-13-19-56(55)59)41-57(49-32-36-61-37-33-49)50-34-38-62-39-35-50/h6-39,41-43H,4-5,40H2,1-3H3. The second kappa shape index (κ2) is 19.5. The normalized spacial score (nSPS) is 11.3. The predicted octanol–water partition coefficient (Wildman–Crippen LogP) is 15.0. The van der Waals surface area contributed by atoms with Gasteiger partial charge in [-0.25, -0.2) is 0 Å². The maximum Gasteiger partial charge on any atom is 0.0540 e. The molecule has 9 rings (SSSR count). The fraction of sp³-hybridized carbons (Fsp3) is 0.100. The molecule has 2 heterocycles. The number of hydrogen-bond acceptors (Lipinski definition) is 4. The number of aryl methyl sites for hydroxylation is 1. The lowest BCUT2D eigenvalue weighted by Gasteiger charge is -2.30. The van der Waals surface area contributed by atoms with E-state index in [0.29, 0.717) is 0 Å². The number of pyridine rings is 2. The van der Waals surface area contributed by atoms with E-state index in [-0.39, 0.29) is 0 Å². The molecule has 0 aliphatic carbocycles. The van der Waals surface area contributed by atoms with E-state index in [2.05, 4.69) is 241 Å². The molecule has 0 unspecified atom stereocenters. The number of anilines is 4. The van der Waals surface area contributed by atoms with E-state index in [1.807, 2.05) is 24.8 Å². The third-order valence-electron chi connectivity index (χ3n) is 12.0. The smallest absolute Gasteiger partial charge is 0.0540 e. The molecule has 4 nitrogen and oxygen atoms in total. The highest BCUT2D eigenvalue weighted by Crippen LogP contribution is 2.43. The monoisotopic (exact) mass is 828 g/mol. The fourth-order valence-corrected chi connectivity index (χ4v) is 8.67. The van der Waals surface area contributed by atoms with Crippen molar-refractivity contribution in [3.63, 3.8) is 0 Å². The third-order valence-corrected chi connectivity index (χ3v) is 12.0. The number of nitrogens with zero attached hydrogens (tertiary/aromatic N) is 4. The topological polar surface area (TPSA) is 32.3 Å². The van der Waals surface area contributed by atoms with Crippen molar-refractivity contribution < 1.29 is 0 Å². The minimum atomic E-state index is 0.876. The van der Waals surface area contributed by atoms with E-state index in [9.17, 15) is 0 Å². The Kier molecular flexibility index (Phi) is 12.6. The molecule has 0 saturated heterocycles. The molecule has 0 N–H and O–H groups in total. The molecular weight excluding hydrogens is 777 g/mol. The van der Waals surface area contributed by atoms with Gasteiger partial charge in [0.25, 0.3) is 0 Å². The van der Waals surface area contributed by atoms with Gasteiger partial charge in [0.2, 0.25) is 0 Å². The van der Waals surface area contributed by atoms with E-state index in [1.165, 1.54) is 50.0 Å². The van der Waals surface area contributed by atoms with E-state index < -0.39 is 0 Å². The van der Waals surface area contributed by atoms with Crippen LogP contribution in [-0.2, 0) is 6.42 Å². The zero-order valence-electron chi connectivity index (χ0n) is 36.8. The number of fused-ring (bicyclic) bond motifs is 1. The maximum atomic E-state index is 4.31. The Morgan fingerprint density at radius 1 is 0.438 bits per heavy atom. The summed E-state index contributed by atoms with van der Waals surface area (Å²) in [5.74, 6) is 0.